The van der Waals surface area contributed by atoms with E-state index in [1.807, 2.05) is 12.1 Å². The van der Waals surface area contributed by atoms with Gasteiger partial charge >= 0.3 is 24.1 Å². The molecule has 2 heterocycles. The predicted molar refractivity (Wildman–Crippen MR) is 123 cm³/mol. The Morgan fingerprint density at radius 3 is 2.27 bits per heavy atom. The number of aliphatic carboxylic acids is 3. The molecule has 1 aromatic carbocycles. The molecule has 0 saturated carbocycles. The number of aliphatic hydroxyl groups excluding tert-OH is 1. The van der Waals surface area contributed by atoms with Gasteiger partial charge in [-0.25, -0.2) is 4.79 Å². The second kappa shape index (κ2) is 12.3. The number of rotatable bonds is 5. The van der Waals surface area contributed by atoms with Gasteiger partial charge in [-0.15, -0.1) is 0 Å². The Balaban J connectivity index is 0.000000252. The molecule has 0 fully saturated rings. The highest BCUT2D eigenvalue weighted by Crippen LogP contribution is 2.55. The fourth-order valence-corrected chi connectivity index (χ4v) is 4.47. The lowest BCUT2D eigenvalue weighted by Gasteiger charge is -2.35. The summed E-state index contributed by atoms with van der Waals surface area (Å²) in [7, 11) is 3.84. The number of carbonyl (C=O) groups is 3. The summed E-state index contributed by atoms with van der Waals surface area (Å²) in [6.45, 7) is 1.96. The lowest BCUT2D eigenvalue weighted by molar-refractivity contribution is -0.192. The third-order valence-corrected chi connectivity index (χ3v) is 6.17. The zero-order valence-corrected chi connectivity index (χ0v) is 20.3. The van der Waals surface area contributed by atoms with Gasteiger partial charge in [-0.1, -0.05) is 18.2 Å². The second-order valence-electron chi connectivity index (χ2n) is 8.87. The maximum absolute atomic E-state index is 10.6. The van der Waals surface area contributed by atoms with Crippen molar-refractivity contribution in [2.24, 2.45) is 0 Å². The first-order valence-corrected chi connectivity index (χ1v) is 11.4. The Kier molecular flexibility index (Phi) is 9.93. The molecule has 0 amide bonds. The quantitative estimate of drug-likeness (QED) is 0.416. The lowest BCUT2D eigenvalue weighted by atomic mass is 9.69. The van der Waals surface area contributed by atoms with Crippen molar-refractivity contribution in [3.8, 4) is 11.5 Å². The lowest BCUT2D eigenvalue weighted by Crippen LogP contribution is -2.42. The number of nitrogens with zero attached hydrogens (tertiary/aromatic N) is 1. The highest BCUT2D eigenvalue weighted by atomic mass is 19.4. The maximum Gasteiger partial charge on any atom is 0.490 e. The van der Waals surface area contributed by atoms with E-state index in [0.717, 1.165) is 31.0 Å². The van der Waals surface area contributed by atoms with Crippen molar-refractivity contribution in [2.45, 2.75) is 62.4 Å². The highest BCUT2D eigenvalue weighted by Gasteiger charge is 2.52. The smallest absolute Gasteiger partial charge is 0.490 e. The molecule has 1 spiro atoms. The fraction of sp³-hybridized carbons (Fsp3) is 0.542. The van der Waals surface area contributed by atoms with Crippen molar-refractivity contribution < 1.29 is 57.5 Å². The average Bonchev–Trinajstić information content (AvgIpc) is 3.04. The van der Waals surface area contributed by atoms with E-state index >= 15 is 0 Å². The normalized spacial score (nSPS) is 23.5. The van der Waals surface area contributed by atoms with Crippen LogP contribution < -0.4 is 9.47 Å². The van der Waals surface area contributed by atoms with Crippen LogP contribution in [0.25, 0.3) is 0 Å². The molecule has 3 aliphatic rings. The fourth-order valence-electron chi connectivity index (χ4n) is 4.47. The first kappa shape index (κ1) is 29.9. The molecule has 0 aromatic heterocycles. The first-order valence-electron chi connectivity index (χ1n) is 11.4. The molecule has 2 aliphatic heterocycles. The van der Waals surface area contributed by atoms with Gasteiger partial charge < -0.3 is 34.8 Å². The van der Waals surface area contributed by atoms with Crippen LogP contribution in [-0.2, 0) is 26.3 Å². The third-order valence-electron chi connectivity index (χ3n) is 6.17. The molecule has 206 valence electrons. The molecule has 0 bridgehead atoms. The topological polar surface area (TPSA) is 154 Å². The summed E-state index contributed by atoms with van der Waals surface area (Å²) >= 11 is 0. The van der Waals surface area contributed by atoms with Crippen molar-refractivity contribution in [3.05, 3.63) is 35.4 Å². The minimum absolute atomic E-state index is 0.00838. The number of carboxylic acid groups (broad SMARTS) is 3. The van der Waals surface area contributed by atoms with Crippen molar-refractivity contribution in [3.63, 3.8) is 0 Å². The van der Waals surface area contributed by atoms with Crippen LogP contribution in [0.4, 0.5) is 13.2 Å². The van der Waals surface area contributed by atoms with Crippen LogP contribution in [0, 0.1) is 0 Å². The van der Waals surface area contributed by atoms with Gasteiger partial charge in [0.2, 0.25) is 0 Å². The summed E-state index contributed by atoms with van der Waals surface area (Å²) in [5, 5.41) is 33.2. The number of halogens is 3. The van der Waals surface area contributed by atoms with Crippen LogP contribution in [-0.4, -0.2) is 82.3 Å². The average molecular weight is 533 g/mol. The van der Waals surface area contributed by atoms with Gasteiger partial charge in [-0.3, -0.25) is 9.59 Å². The van der Waals surface area contributed by atoms with Crippen molar-refractivity contribution in [1.29, 1.82) is 0 Å². The molecule has 1 aromatic rings. The molecule has 1 aliphatic carbocycles. The summed E-state index contributed by atoms with van der Waals surface area (Å²) in [5.74, 6) is -2.97. The van der Waals surface area contributed by atoms with Gasteiger partial charge in [-0.05, 0) is 38.1 Å². The zero-order valence-electron chi connectivity index (χ0n) is 20.3. The predicted octanol–water partition coefficient (Wildman–Crippen LogP) is 2.81. The van der Waals surface area contributed by atoms with E-state index in [4.69, 9.17) is 29.6 Å². The van der Waals surface area contributed by atoms with Gasteiger partial charge in [0.25, 0.3) is 0 Å². The largest absolute Gasteiger partial charge is 0.493 e. The summed E-state index contributed by atoms with van der Waals surface area (Å²) in [4.78, 5) is 30.8. The van der Waals surface area contributed by atoms with Crippen molar-refractivity contribution in [2.75, 3.05) is 20.7 Å². The number of methoxy groups -OCH3 is 1. The molecule has 0 unspecified atom stereocenters. The molecule has 0 radical (unpaired) electrons. The molecule has 13 heteroatoms. The second-order valence-corrected chi connectivity index (χ2v) is 8.87. The summed E-state index contributed by atoms with van der Waals surface area (Å²) in [6, 6.07) is 4.16. The van der Waals surface area contributed by atoms with Crippen LogP contribution in [0.2, 0.25) is 0 Å². The van der Waals surface area contributed by atoms with Crippen LogP contribution >= 0.6 is 0 Å². The summed E-state index contributed by atoms with van der Waals surface area (Å²) < 4.78 is 43.5. The third kappa shape index (κ3) is 7.59. The van der Waals surface area contributed by atoms with Crippen LogP contribution in [0.3, 0.4) is 0 Å². The molecule has 37 heavy (non-hydrogen) atoms. The van der Waals surface area contributed by atoms with Crippen LogP contribution in [0.15, 0.2) is 24.3 Å². The van der Waals surface area contributed by atoms with Gasteiger partial charge in [-0.2, -0.15) is 13.2 Å². The molecule has 4 rings (SSSR count). The Morgan fingerprint density at radius 2 is 1.76 bits per heavy atom. The Hall–Kier alpha value is -3.32. The number of hydrogen-bond acceptors (Lipinski definition) is 7. The summed E-state index contributed by atoms with van der Waals surface area (Å²) in [6.07, 6.45) is 0.383. The molecule has 4 N–H and O–H groups in total. The number of alkyl halides is 3. The monoisotopic (exact) mass is 533 g/mol. The Labute approximate surface area is 210 Å². The number of aliphatic hydroxyl groups is 1. The van der Waals surface area contributed by atoms with E-state index in [0.29, 0.717) is 6.42 Å². The van der Waals surface area contributed by atoms with Gasteiger partial charge in [0.1, 0.15) is 6.10 Å². The first-order chi connectivity index (χ1) is 17.2. The maximum atomic E-state index is 10.6. The molecular formula is C24H30F3NO9. The van der Waals surface area contributed by atoms with E-state index in [1.165, 1.54) is 11.1 Å². The van der Waals surface area contributed by atoms with Gasteiger partial charge in [0, 0.05) is 31.4 Å². The number of carboxylic acids is 3. The number of ether oxygens (including phenoxy) is 2. The van der Waals surface area contributed by atoms with Crippen LogP contribution in [0.5, 0.6) is 11.5 Å². The summed E-state index contributed by atoms with van der Waals surface area (Å²) in [5.41, 5.74) is 2.48. The minimum atomic E-state index is -5.08. The van der Waals surface area contributed by atoms with Crippen molar-refractivity contribution >= 4 is 17.9 Å². The Bertz CT molecular complexity index is 1010. The molecular weight excluding hydrogens is 503 g/mol. The minimum Gasteiger partial charge on any atom is -0.493 e. The molecule has 3 atom stereocenters. The Morgan fingerprint density at radius 1 is 1.16 bits per heavy atom. The standard InChI is InChI=1S/C17H21NO3.C5H8O4.C2HF3O2/c1-18-8-7-17-6-5-12(19)9-14(17)21-16-13(20-2)4-3-11(10-18)15(16)17;6-4(7)2-1-3-5(8)9;3-2(4,5)1(6)7/h3-6,12,14,19H,7-10H2,1-2H3;1-3H2,(H,6,7)(H,8,9);(H,6,7)/t12-,14-,17-;;/m0../s1. The van der Waals surface area contributed by atoms with E-state index in [9.17, 15) is 27.9 Å². The van der Waals surface area contributed by atoms with E-state index in [2.05, 4.69) is 24.1 Å². The highest BCUT2D eigenvalue weighted by molar-refractivity contribution is 5.73. The number of benzene rings is 1. The number of hydrogen-bond donors (Lipinski definition) is 4. The van der Waals surface area contributed by atoms with E-state index in [-0.39, 0.29) is 30.8 Å². The van der Waals surface area contributed by atoms with E-state index in [1.54, 1.807) is 7.11 Å². The van der Waals surface area contributed by atoms with Gasteiger partial charge in [0.15, 0.2) is 11.5 Å². The van der Waals surface area contributed by atoms with Crippen molar-refractivity contribution in [1.82, 2.24) is 4.90 Å². The van der Waals surface area contributed by atoms with Crippen LogP contribution in [0.1, 0.15) is 43.2 Å². The molecule has 10 nitrogen and oxygen atoms in total. The van der Waals surface area contributed by atoms with Gasteiger partial charge in [0.05, 0.1) is 18.6 Å². The molecule has 0 saturated heterocycles. The zero-order chi connectivity index (χ0) is 28.0. The van der Waals surface area contributed by atoms with E-state index < -0.39 is 30.2 Å². The SMILES string of the molecule is COc1ccc2c3c1O[C@H]1C[C@@H](O)C=C[C@@]31CCN(C)C2.O=C(O)C(F)(F)F.O=C(O)CCCC(=O)O.